The third kappa shape index (κ3) is 6.57. The molecule has 1 fully saturated rings. The summed E-state index contributed by atoms with van der Waals surface area (Å²) in [5, 5.41) is 8.53. The third-order valence-electron chi connectivity index (χ3n) is 3.39. The Morgan fingerprint density at radius 1 is 1.37 bits per heavy atom. The Morgan fingerprint density at radius 2 is 1.89 bits per heavy atom. The Balaban J connectivity index is 0.000000982. The van der Waals surface area contributed by atoms with E-state index in [0.717, 1.165) is 25.8 Å². The first-order valence-electron chi connectivity index (χ1n) is 6.97. The summed E-state index contributed by atoms with van der Waals surface area (Å²) in [6.45, 7) is 8.93. The van der Waals surface area contributed by atoms with Gasteiger partial charge in [-0.25, -0.2) is 9.59 Å². The maximum absolute atomic E-state index is 11.1. The van der Waals surface area contributed by atoms with Crippen LogP contribution in [0.3, 0.4) is 0 Å². The van der Waals surface area contributed by atoms with Crippen molar-refractivity contribution >= 4 is 11.9 Å². The minimum Gasteiger partial charge on any atom is -0.473 e. The Kier molecular flexibility index (Phi) is 8.39. The highest BCUT2D eigenvalue weighted by molar-refractivity contribution is 6.28. The first-order valence-corrected chi connectivity index (χ1v) is 6.97. The van der Waals surface area contributed by atoms with E-state index in [4.69, 9.17) is 15.6 Å². The number of rotatable bonds is 2. The van der Waals surface area contributed by atoms with Crippen molar-refractivity contribution in [3.05, 3.63) is 0 Å². The molecule has 0 spiro atoms. The Morgan fingerprint density at radius 3 is 2.32 bits per heavy atom. The van der Waals surface area contributed by atoms with Crippen LogP contribution in [0, 0.1) is 17.8 Å². The quantitative estimate of drug-likeness (QED) is 0.593. The maximum Gasteiger partial charge on any atom is 0.417 e. The molecule has 0 aromatic heterocycles. The van der Waals surface area contributed by atoms with E-state index in [9.17, 15) is 9.59 Å². The minimum atomic E-state index is -1.50. The van der Waals surface area contributed by atoms with Crippen LogP contribution in [-0.4, -0.2) is 29.7 Å². The smallest absolute Gasteiger partial charge is 0.417 e. The first-order chi connectivity index (χ1) is 8.83. The van der Waals surface area contributed by atoms with E-state index in [-0.39, 0.29) is 6.10 Å². The summed E-state index contributed by atoms with van der Waals surface area (Å²) in [6.07, 6.45) is 2.69. The van der Waals surface area contributed by atoms with E-state index in [1.165, 1.54) is 0 Å². The highest BCUT2D eigenvalue weighted by Crippen LogP contribution is 2.35. The second kappa shape index (κ2) is 8.91. The van der Waals surface area contributed by atoms with E-state index in [2.05, 4.69) is 20.8 Å². The number of ether oxygens (including phenoxy) is 1. The largest absolute Gasteiger partial charge is 0.473 e. The number of nitrogens with two attached hydrogens (primary N) is 1. The number of hydrogen-bond donors (Lipinski definition) is 2. The molecule has 1 saturated carbocycles. The van der Waals surface area contributed by atoms with Gasteiger partial charge in [-0.1, -0.05) is 34.1 Å². The molecule has 0 aliphatic heterocycles. The Hall–Kier alpha value is -1.10. The second-order valence-electron chi connectivity index (χ2n) is 5.48. The highest BCUT2D eigenvalue weighted by Gasteiger charge is 2.34. The van der Waals surface area contributed by atoms with Crippen molar-refractivity contribution < 1.29 is 19.4 Å². The molecule has 1 aliphatic rings. The molecule has 0 aromatic carbocycles. The van der Waals surface area contributed by atoms with Crippen LogP contribution in [0.4, 0.5) is 0 Å². The van der Waals surface area contributed by atoms with Gasteiger partial charge in [0.05, 0.1) is 0 Å². The molecule has 5 heteroatoms. The molecular formula is C14H27NO4. The van der Waals surface area contributed by atoms with Crippen LogP contribution in [0.2, 0.25) is 0 Å². The lowest BCUT2D eigenvalue weighted by Crippen LogP contribution is -2.37. The van der Waals surface area contributed by atoms with E-state index in [1.54, 1.807) is 0 Å². The van der Waals surface area contributed by atoms with Gasteiger partial charge in [0.25, 0.3) is 0 Å². The van der Waals surface area contributed by atoms with Crippen molar-refractivity contribution in [1.29, 1.82) is 0 Å². The summed E-state index contributed by atoms with van der Waals surface area (Å²) < 4.78 is 5.06. The van der Waals surface area contributed by atoms with Gasteiger partial charge in [0.1, 0.15) is 6.10 Å². The SMILES string of the molecule is CC1CCC(C(C)C)C(OC(=O)C(=O)O)C1.CCN. The van der Waals surface area contributed by atoms with Crippen LogP contribution in [0.5, 0.6) is 0 Å². The number of carbonyl (C=O) groups excluding carboxylic acids is 1. The van der Waals surface area contributed by atoms with E-state index in [1.807, 2.05) is 6.92 Å². The van der Waals surface area contributed by atoms with Crippen LogP contribution in [0.25, 0.3) is 0 Å². The first kappa shape index (κ1) is 17.9. The topological polar surface area (TPSA) is 89.6 Å². The molecule has 0 aromatic rings. The van der Waals surface area contributed by atoms with E-state index >= 15 is 0 Å². The zero-order valence-electron chi connectivity index (χ0n) is 12.4. The van der Waals surface area contributed by atoms with Gasteiger partial charge in [-0.3, -0.25) is 0 Å². The molecule has 5 nitrogen and oxygen atoms in total. The number of aliphatic carboxylic acids is 1. The van der Waals surface area contributed by atoms with Gasteiger partial charge in [-0.15, -0.1) is 0 Å². The number of hydrogen-bond acceptors (Lipinski definition) is 4. The maximum atomic E-state index is 11.1. The van der Waals surface area contributed by atoms with Crippen LogP contribution in [0.1, 0.15) is 47.0 Å². The van der Waals surface area contributed by atoms with Crippen molar-refractivity contribution in [3.8, 4) is 0 Å². The lowest BCUT2D eigenvalue weighted by atomic mass is 9.75. The monoisotopic (exact) mass is 273 g/mol. The number of carboxylic acids is 1. The molecule has 3 N–H and O–H groups in total. The van der Waals surface area contributed by atoms with Crippen molar-refractivity contribution in [2.75, 3.05) is 6.54 Å². The standard InChI is InChI=1S/C12H20O4.C2H7N/c1-7(2)9-5-4-8(3)6-10(9)16-12(15)11(13)14;1-2-3/h7-10H,4-6H2,1-3H3,(H,13,14);2-3H2,1H3. The third-order valence-corrected chi connectivity index (χ3v) is 3.39. The summed E-state index contributed by atoms with van der Waals surface area (Å²) in [5.41, 5.74) is 4.85. The molecule has 1 aliphatic carbocycles. The van der Waals surface area contributed by atoms with Crippen LogP contribution >= 0.6 is 0 Å². The molecule has 0 saturated heterocycles. The zero-order chi connectivity index (χ0) is 15.0. The zero-order valence-corrected chi connectivity index (χ0v) is 12.4. The fraction of sp³-hybridized carbons (Fsp3) is 0.857. The van der Waals surface area contributed by atoms with Crippen molar-refractivity contribution in [3.63, 3.8) is 0 Å². The van der Waals surface area contributed by atoms with Crippen molar-refractivity contribution in [2.24, 2.45) is 23.5 Å². The van der Waals surface area contributed by atoms with Crippen LogP contribution in [0.15, 0.2) is 0 Å². The normalized spacial score (nSPS) is 26.3. The summed E-state index contributed by atoms with van der Waals surface area (Å²) >= 11 is 0. The van der Waals surface area contributed by atoms with Gasteiger partial charge in [0.2, 0.25) is 0 Å². The number of carbonyl (C=O) groups is 2. The molecule has 0 amide bonds. The predicted octanol–water partition coefficient (Wildman–Crippen LogP) is 2.04. The van der Waals surface area contributed by atoms with E-state index in [0.29, 0.717) is 17.8 Å². The average Bonchev–Trinajstić information content (AvgIpc) is 2.29. The molecular weight excluding hydrogens is 246 g/mol. The fourth-order valence-electron chi connectivity index (χ4n) is 2.44. The molecule has 0 bridgehead atoms. The molecule has 19 heavy (non-hydrogen) atoms. The molecule has 0 heterocycles. The highest BCUT2D eigenvalue weighted by atomic mass is 16.6. The van der Waals surface area contributed by atoms with E-state index < -0.39 is 11.9 Å². The number of carboxylic acid groups (broad SMARTS) is 1. The summed E-state index contributed by atoms with van der Waals surface area (Å²) in [4.78, 5) is 21.5. The second-order valence-corrected chi connectivity index (χ2v) is 5.48. The molecule has 3 atom stereocenters. The lowest BCUT2D eigenvalue weighted by Gasteiger charge is -2.36. The van der Waals surface area contributed by atoms with Crippen molar-refractivity contribution in [2.45, 2.75) is 53.1 Å². The van der Waals surface area contributed by atoms with Gasteiger partial charge in [0.15, 0.2) is 0 Å². The molecule has 3 unspecified atom stereocenters. The van der Waals surface area contributed by atoms with Gasteiger partial charge in [-0.2, -0.15) is 0 Å². The number of esters is 1. The Labute approximate surface area is 115 Å². The molecule has 1 rings (SSSR count). The average molecular weight is 273 g/mol. The van der Waals surface area contributed by atoms with Gasteiger partial charge >= 0.3 is 11.9 Å². The van der Waals surface area contributed by atoms with Crippen LogP contribution < -0.4 is 5.73 Å². The molecule has 0 radical (unpaired) electrons. The van der Waals surface area contributed by atoms with Gasteiger partial charge in [0, 0.05) is 0 Å². The Bertz CT molecular complexity index is 291. The minimum absolute atomic E-state index is 0.229. The fourth-order valence-corrected chi connectivity index (χ4v) is 2.44. The predicted molar refractivity (Wildman–Crippen MR) is 73.6 cm³/mol. The molecule has 112 valence electrons. The summed E-state index contributed by atoms with van der Waals surface area (Å²) in [7, 11) is 0. The lowest BCUT2D eigenvalue weighted by molar-refractivity contribution is -0.171. The van der Waals surface area contributed by atoms with Gasteiger partial charge < -0.3 is 15.6 Å². The summed E-state index contributed by atoms with van der Waals surface area (Å²) in [5.74, 6) is -1.41. The van der Waals surface area contributed by atoms with Gasteiger partial charge in [-0.05, 0) is 37.1 Å². The summed E-state index contributed by atoms with van der Waals surface area (Å²) in [6, 6.07) is 0. The van der Waals surface area contributed by atoms with Crippen molar-refractivity contribution in [1.82, 2.24) is 0 Å². The van der Waals surface area contributed by atoms with Crippen LogP contribution in [-0.2, 0) is 14.3 Å².